The lowest BCUT2D eigenvalue weighted by Crippen LogP contribution is -2.19. The smallest absolute Gasteiger partial charge is 0.283 e. The predicted octanol–water partition coefficient (Wildman–Crippen LogP) is 1.11. The third kappa shape index (κ3) is 1.30. The summed E-state index contributed by atoms with van der Waals surface area (Å²) in [7, 11) is 0. The minimum atomic E-state index is -0.115. The number of allylic oxidation sites excluding steroid dienone is 1. The summed E-state index contributed by atoms with van der Waals surface area (Å²) in [6.07, 6.45) is 1.66. The lowest BCUT2D eigenvalue weighted by Gasteiger charge is -2.07. The highest BCUT2D eigenvalue weighted by atomic mass is 16.1. The molecule has 1 aliphatic rings. The highest BCUT2D eigenvalue weighted by Gasteiger charge is 2.21. The quantitative estimate of drug-likeness (QED) is 0.798. The molecule has 3 rings (SSSR count). The molecule has 0 aromatic carbocycles. The van der Waals surface area contributed by atoms with E-state index in [1.807, 2.05) is 18.4 Å². The van der Waals surface area contributed by atoms with Crippen LogP contribution in [0.2, 0.25) is 0 Å². The van der Waals surface area contributed by atoms with Crippen LogP contribution in [-0.2, 0) is 6.54 Å². The molecule has 2 aromatic heterocycles. The van der Waals surface area contributed by atoms with Gasteiger partial charge in [-0.05, 0) is 13.8 Å². The fourth-order valence-corrected chi connectivity index (χ4v) is 2.01. The molecular weight excluding hydrogens is 218 g/mol. The zero-order valence-electron chi connectivity index (χ0n) is 9.77. The zero-order chi connectivity index (χ0) is 12.2. The Balaban J connectivity index is 2.37. The van der Waals surface area contributed by atoms with Crippen molar-refractivity contribution in [1.29, 1.82) is 0 Å². The number of nitrogens with one attached hydrogen (secondary N) is 1. The van der Waals surface area contributed by atoms with Crippen molar-refractivity contribution in [3.05, 3.63) is 29.0 Å². The summed E-state index contributed by atoms with van der Waals surface area (Å²) in [4.78, 5) is 20.8. The van der Waals surface area contributed by atoms with Gasteiger partial charge in [-0.25, -0.2) is 4.98 Å². The van der Waals surface area contributed by atoms with Crippen LogP contribution in [0, 0.1) is 0 Å². The van der Waals surface area contributed by atoms with Crippen molar-refractivity contribution in [3.63, 3.8) is 0 Å². The molecule has 17 heavy (non-hydrogen) atoms. The van der Waals surface area contributed by atoms with E-state index in [2.05, 4.69) is 21.9 Å². The number of imidazole rings is 1. The van der Waals surface area contributed by atoms with E-state index >= 15 is 0 Å². The third-order valence-corrected chi connectivity index (χ3v) is 2.88. The van der Waals surface area contributed by atoms with Crippen molar-refractivity contribution in [2.45, 2.75) is 26.4 Å². The summed E-state index contributed by atoms with van der Waals surface area (Å²) in [5.74, 6) is 0.551. The maximum Gasteiger partial charge on any atom is 0.283 e. The van der Waals surface area contributed by atoms with Crippen LogP contribution < -0.4 is 10.9 Å². The van der Waals surface area contributed by atoms with Crippen molar-refractivity contribution in [2.24, 2.45) is 0 Å². The largest absolute Gasteiger partial charge is 0.328 e. The number of nitrogens with zero attached hydrogens (tertiary/aromatic N) is 4. The van der Waals surface area contributed by atoms with Crippen LogP contribution >= 0.6 is 0 Å². The number of hydrogen-bond donors (Lipinski definition) is 1. The second kappa shape index (κ2) is 3.19. The van der Waals surface area contributed by atoms with Crippen molar-refractivity contribution in [1.82, 2.24) is 19.1 Å². The summed E-state index contributed by atoms with van der Waals surface area (Å²) in [5, 5.41) is 3.00. The van der Waals surface area contributed by atoms with Gasteiger partial charge in [0.05, 0.1) is 12.9 Å². The lowest BCUT2D eigenvalue weighted by molar-refractivity contribution is 0.612. The molecule has 3 heterocycles. The molecule has 0 spiro atoms. The SMILES string of the molecule is C=C1Cn2c(nc3c(ncn3C(C)C)c2=O)N1. The van der Waals surface area contributed by atoms with E-state index in [0.717, 1.165) is 5.70 Å². The van der Waals surface area contributed by atoms with E-state index in [-0.39, 0.29) is 11.6 Å². The third-order valence-electron chi connectivity index (χ3n) is 2.88. The first-order valence-electron chi connectivity index (χ1n) is 5.50. The van der Waals surface area contributed by atoms with Crippen LogP contribution in [0.1, 0.15) is 19.9 Å². The van der Waals surface area contributed by atoms with Crippen molar-refractivity contribution in [2.75, 3.05) is 5.32 Å². The molecule has 0 amide bonds. The predicted molar refractivity (Wildman–Crippen MR) is 64.9 cm³/mol. The molecule has 1 N–H and O–H groups in total. The Hall–Kier alpha value is -2.11. The van der Waals surface area contributed by atoms with Crippen molar-refractivity contribution in [3.8, 4) is 0 Å². The summed E-state index contributed by atoms with van der Waals surface area (Å²) in [6.45, 7) is 8.32. The number of anilines is 1. The second-order valence-corrected chi connectivity index (χ2v) is 4.47. The van der Waals surface area contributed by atoms with Crippen LogP contribution in [0.3, 0.4) is 0 Å². The van der Waals surface area contributed by atoms with Gasteiger partial charge >= 0.3 is 0 Å². The summed E-state index contributed by atoms with van der Waals surface area (Å²) >= 11 is 0. The Bertz CT molecular complexity index is 679. The molecule has 1 aliphatic heterocycles. The fraction of sp³-hybridized carbons (Fsp3) is 0.364. The minimum Gasteiger partial charge on any atom is -0.328 e. The van der Waals surface area contributed by atoms with Crippen LogP contribution in [0.4, 0.5) is 5.95 Å². The molecule has 0 fully saturated rings. The number of aromatic nitrogens is 4. The Kier molecular flexibility index (Phi) is 1.89. The molecule has 0 aliphatic carbocycles. The van der Waals surface area contributed by atoms with Gasteiger partial charge in [0, 0.05) is 11.7 Å². The standard InChI is InChI=1S/C11H13N5O/c1-6(2)16-5-12-8-9(16)14-11-13-7(3)4-15(11)10(8)17/h5-6H,3-4H2,1-2H3,(H,13,14). The highest BCUT2D eigenvalue weighted by molar-refractivity contribution is 5.72. The molecule has 0 saturated heterocycles. The second-order valence-electron chi connectivity index (χ2n) is 4.47. The molecule has 0 unspecified atom stereocenters. The number of rotatable bonds is 1. The van der Waals surface area contributed by atoms with Gasteiger partial charge in [-0.2, -0.15) is 4.98 Å². The average molecular weight is 231 g/mol. The van der Waals surface area contributed by atoms with Gasteiger partial charge in [0.25, 0.3) is 5.56 Å². The van der Waals surface area contributed by atoms with E-state index < -0.39 is 0 Å². The first-order valence-corrected chi connectivity index (χ1v) is 5.50. The normalized spacial score (nSPS) is 14.4. The van der Waals surface area contributed by atoms with Gasteiger partial charge in [-0.3, -0.25) is 9.36 Å². The first-order chi connectivity index (χ1) is 8.08. The molecule has 0 atom stereocenters. The zero-order valence-corrected chi connectivity index (χ0v) is 9.77. The van der Waals surface area contributed by atoms with Crippen LogP contribution in [0.15, 0.2) is 23.4 Å². The average Bonchev–Trinajstić information content (AvgIpc) is 2.81. The van der Waals surface area contributed by atoms with E-state index in [4.69, 9.17) is 0 Å². The molecule has 6 heteroatoms. The van der Waals surface area contributed by atoms with E-state index in [9.17, 15) is 4.79 Å². The topological polar surface area (TPSA) is 64.7 Å². The molecule has 0 radical (unpaired) electrons. The Labute approximate surface area is 97.6 Å². The van der Waals surface area contributed by atoms with Gasteiger partial charge in [0.2, 0.25) is 5.95 Å². The molecule has 88 valence electrons. The van der Waals surface area contributed by atoms with Crippen LogP contribution in [0.5, 0.6) is 0 Å². The minimum absolute atomic E-state index is 0.115. The molecule has 0 bridgehead atoms. The van der Waals surface area contributed by atoms with Gasteiger partial charge in [-0.15, -0.1) is 0 Å². The molecule has 6 nitrogen and oxygen atoms in total. The monoisotopic (exact) mass is 231 g/mol. The lowest BCUT2D eigenvalue weighted by atomic mass is 10.4. The van der Waals surface area contributed by atoms with E-state index in [1.165, 1.54) is 0 Å². The highest BCUT2D eigenvalue weighted by Crippen LogP contribution is 2.19. The van der Waals surface area contributed by atoms with Gasteiger partial charge < -0.3 is 9.88 Å². The molecular formula is C11H13N5O. The maximum absolute atomic E-state index is 12.2. The summed E-state index contributed by atoms with van der Waals surface area (Å²) in [5.41, 5.74) is 1.70. The Morgan fingerprint density at radius 2 is 2.29 bits per heavy atom. The van der Waals surface area contributed by atoms with Crippen LogP contribution in [-0.4, -0.2) is 19.1 Å². The number of hydrogen-bond acceptors (Lipinski definition) is 4. The fourth-order valence-electron chi connectivity index (χ4n) is 2.01. The molecule has 0 saturated carbocycles. The first kappa shape index (κ1) is 10.1. The van der Waals surface area contributed by atoms with E-state index in [0.29, 0.717) is 23.7 Å². The van der Waals surface area contributed by atoms with Gasteiger partial charge in [0.1, 0.15) is 0 Å². The Morgan fingerprint density at radius 1 is 1.53 bits per heavy atom. The molecule has 2 aromatic rings. The van der Waals surface area contributed by atoms with E-state index in [1.54, 1.807) is 10.9 Å². The van der Waals surface area contributed by atoms with Gasteiger partial charge in [0.15, 0.2) is 11.2 Å². The Morgan fingerprint density at radius 3 is 3.00 bits per heavy atom. The maximum atomic E-state index is 12.2. The van der Waals surface area contributed by atoms with Crippen molar-refractivity contribution >= 4 is 17.1 Å². The van der Waals surface area contributed by atoms with Crippen molar-refractivity contribution < 1.29 is 0 Å². The van der Waals surface area contributed by atoms with Crippen LogP contribution in [0.25, 0.3) is 11.2 Å². The summed E-state index contributed by atoms with van der Waals surface area (Å²) < 4.78 is 3.45. The number of fused-ring (bicyclic) bond motifs is 2. The summed E-state index contributed by atoms with van der Waals surface area (Å²) in [6, 6.07) is 0.222. The van der Waals surface area contributed by atoms with Gasteiger partial charge in [-0.1, -0.05) is 6.58 Å².